The molecule has 1 aliphatic heterocycles. The molecule has 160 valence electrons. The first-order chi connectivity index (χ1) is 13.7. The van der Waals surface area contributed by atoms with E-state index in [2.05, 4.69) is 5.32 Å². The molecule has 2 aliphatic rings. The number of carbonyl (C=O) groups excluding carboxylic acids is 2. The van der Waals surface area contributed by atoms with Gasteiger partial charge < -0.3 is 19.7 Å². The number of likely N-dealkylation sites (tertiary alicyclic amines) is 1. The summed E-state index contributed by atoms with van der Waals surface area (Å²) in [4.78, 5) is 25.5. The molecule has 9 heteroatoms. The molecule has 1 heterocycles. The average Bonchev–Trinajstić information content (AvgIpc) is 3.01. The van der Waals surface area contributed by atoms with E-state index in [1.54, 1.807) is 25.2 Å². The number of halogens is 3. The molecule has 1 saturated heterocycles. The first kappa shape index (κ1) is 21.3. The Morgan fingerprint density at radius 2 is 1.83 bits per heavy atom. The fourth-order valence-corrected chi connectivity index (χ4v) is 3.87. The lowest BCUT2D eigenvalue weighted by Gasteiger charge is -2.30. The molecule has 0 spiro atoms. The number of alkyl halides is 3. The van der Waals surface area contributed by atoms with Crippen molar-refractivity contribution in [3.63, 3.8) is 0 Å². The molecule has 1 N–H and O–H groups in total. The number of likely N-dealkylation sites (N-methyl/N-ethyl adjacent to an activating group) is 1. The molecule has 0 aromatic heterocycles. The van der Waals surface area contributed by atoms with Crippen molar-refractivity contribution >= 4 is 17.5 Å². The van der Waals surface area contributed by atoms with E-state index in [-0.39, 0.29) is 30.8 Å². The largest absolute Gasteiger partial charge is 0.493 e. The molecule has 0 radical (unpaired) electrons. The first-order valence-corrected chi connectivity index (χ1v) is 9.67. The van der Waals surface area contributed by atoms with Crippen LogP contribution in [0, 0.1) is 5.92 Å². The average molecular weight is 414 g/mol. The van der Waals surface area contributed by atoms with Gasteiger partial charge in [-0.15, -0.1) is 0 Å². The van der Waals surface area contributed by atoms with Crippen molar-refractivity contribution in [2.75, 3.05) is 19.5 Å². The Morgan fingerprint density at radius 3 is 2.38 bits per heavy atom. The van der Waals surface area contributed by atoms with Gasteiger partial charge in [0.2, 0.25) is 11.8 Å². The minimum absolute atomic E-state index is 0.0367. The van der Waals surface area contributed by atoms with Crippen LogP contribution < -0.4 is 14.8 Å². The summed E-state index contributed by atoms with van der Waals surface area (Å²) in [6, 6.07) is 4.37. The van der Waals surface area contributed by atoms with Gasteiger partial charge >= 0.3 is 6.18 Å². The highest BCUT2D eigenvalue weighted by Crippen LogP contribution is 2.40. The van der Waals surface area contributed by atoms with E-state index in [1.807, 2.05) is 0 Å². The van der Waals surface area contributed by atoms with Crippen LogP contribution >= 0.6 is 0 Å². The number of nitrogens with zero attached hydrogens (tertiary/aromatic N) is 1. The van der Waals surface area contributed by atoms with Gasteiger partial charge in [-0.25, -0.2) is 0 Å². The normalized spacial score (nSPS) is 25.1. The Kier molecular flexibility index (Phi) is 6.24. The van der Waals surface area contributed by atoms with Gasteiger partial charge in [-0.05, 0) is 44.2 Å². The zero-order chi connectivity index (χ0) is 21.2. The summed E-state index contributed by atoms with van der Waals surface area (Å²) in [5.41, 5.74) is 0.475. The molecule has 2 amide bonds. The van der Waals surface area contributed by atoms with Crippen LogP contribution in [0.4, 0.5) is 18.9 Å². The van der Waals surface area contributed by atoms with Gasteiger partial charge in [-0.2, -0.15) is 13.2 Å². The van der Waals surface area contributed by atoms with Gasteiger partial charge in [0, 0.05) is 25.2 Å². The molecular formula is C20H25F3N2O4. The van der Waals surface area contributed by atoms with Crippen molar-refractivity contribution in [1.82, 2.24) is 4.90 Å². The third kappa shape index (κ3) is 4.94. The third-order valence-corrected chi connectivity index (χ3v) is 5.66. The molecule has 1 saturated carbocycles. The van der Waals surface area contributed by atoms with Crippen LogP contribution in [-0.2, 0) is 9.59 Å². The van der Waals surface area contributed by atoms with E-state index >= 15 is 0 Å². The van der Waals surface area contributed by atoms with Crippen LogP contribution in [-0.4, -0.2) is 49.2 Å². The van der Waals surface area contributed by atoms with E-state index in [9.17, 15) is 22.8 Å². The molecule has 3 rings (SSSR count). The number of hydrogen-bond donors (Lipinski definition) is 1. The number of rotatable bonds is 5. The van der Waals surface area contributed by atoms with E-state index < -0.39 is 18.1 Å². The minimum Gasteiger partial charge on any atom is -0.493 e. The number of benzene rings is 1. The van der Waals surface area contributed by atoms with Crippen molar-refractivity contribution < 1.29 is 32.2 Å². The smallest absolute Gasteiger partial charge is 0.391 e. The molecule has 29 heavy (non-hydrogen) atoms. The lowest BCUT2D eigenvalue weighted by Crippen LogP contribution is -2.38. The molecule has 1 aliphatic carbocycles. The second kappa shape index (κ2) is 8.51. The summed E-state index contributed by atoms with van der Waals surface area (Å²) in [6.45, 7) is 0. The monoisotopic (exact) mass is 414 g/mol. The number of nitrogens with one attached hydrogen (secondary N) is 1. The summed E-state index contributed by atoms with van der Waals surface area (Å²) in [7, 11) is 3.07. The molecule has 0 bridgehead atoms. The predicted molar refractivity (Wildman–Crippen MR) is 99.8 cm³/mol. The predicted octanol–water partition coefficient (Wildman–Crippen LogP) is 3.75. The van der Waals surface area contributed by atoms with Gasteiger partial charge in [0.1, 0.15) is 6.04 Å². The SMILES string of the molecule is COc1ccc(NC(=O)[C@H]2CCC(=O)N2C)cc1OC1CCC(C(F)(F)F)CC1. The molecular weight excluding hydrogens is 389 g/mol. The molecule has 1 aromatic carbocycles. The van der Waals surface area contributed by atoms with Crippen LogP contribution in [0.15, 0.2) is 18.2 Å². The van der Waals surface area contributed by atoms with Crippen LogP contribution in [0.1, 0.15) is 38.5 Å². The maximum atomic E-state index is 12.8. The van der Waals surface area contributed by atoms with Crippen LogP contribution in [0.3, 0.4) is 0 Å². The Morgan fingerprint density at radius 1 is 1.14 bits per heavy atom. The highest BCUT2D eigenvalue weighted by Gasteiger charge is 2.42. The molecule has 6 nitrogen and oxygen atoms in total. The molecule has 1 aromatic rings. The summed E-state index contributed by atoms with van der Waals surface area (Å²) in [6.07, 6.45) is -3.02. The van der Waals surface area contributed by atoms with E-state index in [1.165, 1.54) is 12.0 Å². The molecule has 1 atom stereocenters. The minimum atomic E-state index is -4.17. The Hall–Kier alpha value is -2.45. The first-order valence-electron chi connectivity index (χ1n) is 9.67. The lowest BCUT2D eigenvalue weighted by molar-refractivity contribution is -0.185. The second-order valence-electron chi connectivity index (χ2n) is 7.55. The van der Waals surface area contributed by atoms with Gasteiger partial charge in [0.15, 0.2) is 11.5 Å². The quantitative estimate of drug-likeness (QED) is 0.797. The highest BCUT2D eigenvalue weighted by atomic mass is 19.4. The number of hydrogen-bond acceptors (Lipinski definition) is 4. The molecule has 2 fully saturated rings. The third-order valence-electron chi connectivity index (χ3n) is 5.66. The summed E-state index contributed by atoms with van der Waals surface area (Å²) < 4.78 is 49.7. The highest BCUT2D eigenvalue weighted by molar-refractivity contribution is 5.99. The van der Waals surface area contributed by atoms with Gasteiger partial charge in [-0.3, -0.25) is 9.59 Å². The van der Waals surface area contributed by atoms with Crippen LogP contribution in [0.25, 0.3) is 0 Å². The Labute approximate surface area is 167 Å². The maximum absolute atomic E-state index is 12.8. The maximum Gasteiger partial charge on any atom is 0.391 e. The van der Waals surface area contributed by atoms with Crippen molar-refractivity contribution in [2.24, 2.45) is 5.92 Å². The number of amides is 2. The van der Waals surface area contributed by atoms with E-state index in [4.69, 9.17) is 9.47 Å². The van der Waals surface area contributed by atoms with Gasteiger partial charge in [-0.1, -0.05) is 0 Å². The zero-order valence-corrected chi connectivity index (χ0v) is 16.4. The van der Waals surface area contributed by atoms with Crippen LogP contribution in [0.5, 0.6) is 11.5 Å². The fraction of sp³-hybridized carbons (Fsp3) is 0.600. The topological polar surface area (TPSA) is 67.9 Å². The molecule has 0 unspecified atom stereocenters. The van der Waals surface area contributed by atoms with E-state index in [0.717, 1.165) is 0 Å². The number of ether oxygens (including phenoxy) is 2. The Bertz CT molecular complexity index is 761. The number of carbonyl (C=O) groups is 2. The summed E-state index contributed by atoms with van der Waals surface area (Å²) in [5, 5.41) is 2.77. The van der Waals surface area contributed by atoms with Crippen molar-refractivity contribution in [1.29, 1.82) is 0 Å². The Balaban J connectivity index is 1.65. The number of anilines is 1. The van der Waals surface area contributed by atoms with E-state index in [0.29, 0.717) is 42.9 Å². The van der Waals surface area contributed by atoms with Gasteiger partial charge in [0.25, 0.3) is 0 Å². The van der Waals surface area contributed by atoms with Crippen LogP contribution in [0.2, 0.25) is 0 Å². The zero-order valence-electron chi connectivity index (χ0n) is 16.4. The van der Waals surface area contributed by atoms with Crippen molar-refractivity contribution in [3.05, 3.63) is 18.2 Å². The van der Waals surface area contributed by atoms with Gasteiger partial charge in [0.05, 0.1) is 19.1 Å². The van der Waals surface area contributed by atoms with Crippen molar-refractivity contribution in [2.45, 2.75) is 56.8 Å². The summed E-state index contributed by atoms with van der Waals surface area (Å²) >= 11 is 0. The standard InChI is InChI=1S/C20H25F3N2O4/c1-25-15(8-10-18(25)26)19(27)24-13-5-9-16(28-2)17(11-13)29-14-6-3-12(4-7-14)20(21,22)23/h5,9,11-12,14-15H,3-4,6-8,10H2,1-2H3,(H,24,27)/t12?,14?,15-/m1/s1. The fourth-order valence-electron chi connectivity index (χ4n) is 3.87. The number of methoxy groups -OCH3 is 1. The lowest BCUT2D eigenvalue weighted by atomic mass is 9.87. The van der Waals surface area contributed by atoms with Crippen molar-refractivity contribution in [3.8, 4) is 11.5 Å². The summed E-state index contributed by atoms with van der Waals surface area (Å²) in [5.74, 6) is -0.829. The second-order valence-corrected chi connectivity index (χ2v) is 7.55.